The maximum absolute atomic E-state index is 3.83. The molecule has 0 unspecified atom stereocenters. The van der Waals surface area contributed by atoms with Gasteiger partial charge in [-0.25, -0.2) is 0 Å². The van der Waals surface area contributed by atoms with E-state index in [1.807, 2.05) is 44.2 Å². The molecule has 0 aliphatic heterocycles. The van der Waals surface area contributed by atoms with E-state index in [-0.39, 0.29) is 0 Å². The fraction of sp³-hybridized carbons (Fsp3) is 0.111. The zero-order valence-corrected chi connectivity index (χ0v) is 11.2. The lowest BCUT2D eigenvalue weighted by Gasteiger charge is -2.06. The summed E-state index contributed by atoms with van der Waals surface area (Å²) in [4.78, 5) is 0. The van der Waals surface area contributed by atoms with E-state index >= 15 is 0 Å². The molecular formula is C18H20. The molecule has 0 fully saturated rings. The van der Waals surface area contributed by atoms with Crippen molar-refractivity contribution in [2.45, 2.75) is 13.8 Å². The summed E-state index contributed by atoms with van der Waals surface area (Å²) in [5.74, 6) is 0. The van der Waals surface area contributed by atoms with E-state index in [2.05, 4.69) is 43.5 Å². The van der Waals surface area contributed by atoms with Crippen molar-refractivity contribution in [3.8, 4) is 11.1 Å². The van der Waals surface area contributed by atoms with Crippen molar-refractivity contribution in [3.05, 3.63) is 72.8 Å². The van der Waals surface area contributed by atoms with E-state index in [9.17, 15) is 0 Å². The number of benzene rings is 2. The Kier molecular flexibility index (Phi) is 5.66. The molecule has 0 aromatic heterocycles. The minimum absolute atomic E-state index is 1.12. The predicted octanol–water partition coefficient (Wildman–Crippen LogP) is 5.67. The van der Waals surface area contributed by atoms with Gasteiger partial charge in [0.05, 0.1) is 0 Å². The number of hydrogen-bond acceptors (Lipinski definition) is 0. The van der Waals surface area contributed by atoms with Crippen molar-refractivity contribution in [1.82, 2.24) is 0 Å². The highest BCUT2D eigenvalue weighted by Gasteiger charge is 2.00. The van der Waals surface area contributed by atoms with E-state index < -0.39 is 0 Å². The second-order valence-corrected chi connectivity index (χ2v) is 3.62. The van der Waals surface area contributed by atoms with Crippen LogP contribution in [0.25, 0.3) is 23.3 Å². The molecule has 0 amide bonds. The second kappa shape index (κ2) is 7.29. The highest BCUT2D eigenvalue weighted by Crippen LogP contribution is 2.23. The van der Waals surface area contributed by atoms with Gasteiger partial charge in [0.1, 0.15) is 0 Å². The summed E-state index contributed by atoms with van der Waals surface area (Å²) in [7, 11) is 0. The smallest absolute Gasteiger partial charge is 0.0178 e. The van der Waals surface area contributed by atoms with Crippen LogP contribution in [-0.4, -0.2) is 0 Å². The summed E-state index contributed by atoms with van der Waals surface area (Å²) in [5, 5.41) is 0. The normalized spacial score (nSPS) is 9.00. The van der Waals surface area contributed by atoms with Crippen LogP contribution in [0.3, 0.4) is 0 Å². The summed E-state index contributed by atoms with van der Waals surface area (Å²) < 4.78 is 0. The van der Waals surface area contributed by atoms with Gasteiger partial charge in [0.25, 0.3) is 0 Å². The highest BCUT2D eigenvalue weighted by atomic mass is 14.0. The zero-order chi connectivity index (χ0) is 13.4. The Morgan fingerprint density at radius 1 is 0.722 bits per heavy atom. The molecule has 0 N–H and O–H groups in total. The maximum Gasteiger partial charge on any atom is -0.0178 e. The molecule has 0 aliphatic carbocycles. The van der Waals surface area contributed by atoms with Crippen LogP contribution in [0, 0.1) is 0 Å². The fourth-order valence-electron chi connectivity index (χ4n) is 1.75. The van der Waals surface area contributed by atoms with Gasteiger partial charge in [-0.3, -0.25) is 0 Å². The monoisotopic (exact) mass is 236 g/mol. The van der Waals surface area contributed by atoms with Gasteiger partial charge in [-0.1, -0.05) is 81.6 Å². The first kappa shape index (κ1) is 14.0. The zero-order valence-electron chi connectivity index (χ0n) is 11.2. The van der Waals surface area contributed by atoms with Gasteiger partial charge in [-0.05, 0) is 28.3 Å². The largest absolute Gasteiger partial charge is 0.0984 e. The maximum atomic E-state index is 3.83. The molecule has 2 aromatic rings. The van der Waals surface area contributed by atoms with Gasteiger partial charge >= 0.3 is 0 Å². The number of rotatable bonds is 3. The van der Waals surface area contributed by atoms with Crippen LogP contribution in [0.15, 0.2) is 61.7 Å². The van der Waals surface area contributed by atoms with Crippen LogP contribution >= 0.6 is 0 Å². The quantitative estimate of drug-likeness (QED) is 0.644. The summed E-state index contributed by atoms with van der Waals surface area (Å²) in [6.45, 7) is 11.6. The summed E-state index contributed by atoms with van der Waals surface area (Å²) in [6.07, 6.45) is 3.72. The molecule has 0 nitrogen and oxygen atoms in total. The van der Waals surface area contributed by atoms with Gasteiger partial charge in [0.15, 0.2) is 0 Å². The molecule has 0 heterocycles. The van der Waals surface area contributed by atoms with E-state index in [0.717, 1.165) is 11.1 Å². The Balaban J connectivity index is 0.000000771. The van der Waals surface area contributed by atoms with Crippen molar-refractivity contribution in [1.29, 1.82) is 0 Å². The van der Waals surface area contributed by atoms with E-state index in [1.165, 1.54) is 11.1 Å². The molecule has 2 rings (SSSR count). The molecule has 18 heavy (non-hydrogen) atoms. The Morgan fingerprint density at radius 3 is 1.89 bits per heavy atom. The molecule has 0 aliphatic rings. The van der Waals surface area contributed by atoms with Gasteiger partial charge < -0.3 is 0 Å². The predicted molar refractivity (Wildman–Crippen MR) is 83.4 cm³/mol. The third-order valence-corrected chi connectivity index (χ3v) is 2.63. The average Bonchev–Trinajstić information content (AvgIpc) is 2.49. The lowest BCUT2D eigenvalue weighted by molar-refractivity contribution is 1.50. The molecule has 92 valence electrons. The average molecular weight is 236 g/mol. The minimum Gasteiger partial charge on any atom is -0.0984 e. The third-order valence-electron chi connectivity index (χ3n) is 2.63. The van der Waals surface area contributed by atoms with Gasteiger partial charge in [-0.2, -0.15) is 0 Å². The second-order valence-electron chi connectivity index (χ2n) is 3.62. The van der Waals surface area contributed by atoms with Crippen LogP contribution in [0.1, 0.15) is 25.0 Å². The first-order chi connectivity index (χ1) is 8.85. The topological polar surface area (TPSA) is 0 Å². The molecule has 0 radical (unpaired) electrons. The van der Waals surface area contributed by atoms with E-state index in [1.54, 1.807) is 0 Å². The van der Waals surface area contributed by atoms with Crippen LogP contribution in [0.2, 0.25) is 0 Å². The molecule has 2 aromatic carbocycles. The van der Waals surface area contributed by atoms with Crippen LogP contribution in [0.4, 0.5) is 0 Å². The first-order valence-electron chi connectivity index (χ1n) is 6.29. The lowest BCUT2D eigenvalue weighted by atomic mass is 9.99. The van der Waals surface area contributed by atoms with Crippen LogP contribution in [-0.2, 0) is 0 Å². The van der Waals surface area contributed by atoms with Gasteiger partial charge in [-0.15, -0.1) is 0 Å². The van der Waals surface area contributed by atoms with E-state index in [4.69, 9.17) is 0 Å². The highest BCUT2D eigenvalue weighted by molar-refractivity contribution is 5.72. The van der Waals surface area contributed by atoms with Gasteiger partial charge in [0, 0.05) is 0 Å². The van der Waals surface area contributed by atoms with Crippen molar-refractivity contribution in [2.75, 3.05) is 0 Å². The van der Waals surface area contributed by atoms with Crippen LogP contribution < -0.4 is 0 Å². The summed E-state index contributed by atoms with van der Waals surface area (Å²) in [5.41, 5.74) is 4.67. The minimum atomic E-state index is 1.12. The Bertz CT molecular complexity index is 507. The van der Waals surface area contributed by atoms with Crippen molar-refractivity contribution < 1.29 is 0 Å². The van der Waals surface area contributed by atoms with Crippen molar-refractivity contribution >= 4 is 12.2 Å². The first-order valence-corrected chi connectivity index (χ1v) is 6.29. The fourth-order valence-corrected chi connectivity index (χ4v) is 1.75. The third kappa shape index (κ3) is 3.21. The van der Waals surface area contributed by atoms with Gasteiger partial charge in [0.2, 0.25) is 0 Å². The molecule has 0 atom stereocenters. The molecule has 0 bridgehead atoms. The Morgan fingerprint density at radius 2 is 1.33 bits per heavy atom. The molecule has 0 saturated carbocycles. The standard InChI is InChI=1S/C16H14.C2H6/c1-3-13-10-11-16(12-14(13)4-2)15-8-6-5-7-9-15;1-2/h3-12H,1-2H2;1-2H3. The summed E-state index contributed by atoms with van der Waals surface area (Å²) >= 11 is 0. The Hall–Kier alpha value is -2.08. The van der Waals surface area contributed by atoms with E-state index in [0.29, 0.717) is 0 Å². The number of hydrogen-bond donors (Lipinski definition) is 0. The molecule has 0 saturated heterocycles. The summed E-state index contributed by atoms with van der Waals surface area (Å²) in [6, 6.07) is 16.7. The van der Waals surface area contributed by atoms with Crippen molar-refractivity contribution in [3.63, 3.8) is 0 Å². The molecule has 0 heteroatoms. The van der Waals surface area contributed by atoms with Crippen LogP contribution in [0.5, 0.6) is 0 Å². The molecule has 0 spiro atoms. The molecular weight excluding hydrogens is 216 g/mol. The lowest BCUT2D eigenvalue weighted by Crippen LogP contribution is -1.83. The Labute approximate surface area is 110 Å². The van der Waals surface area contributed by atoms with Crippen molar-refractivity contribution in [2.24, 2.45) is 0 Å². The SMILES string of the molecule is C=Cc1ccc(-c2ccccc2)cc1C=C.CC.